The zero-order valence-electron chi connectivity index (χ0n) is 9.91. The van der Waals surface area contributed by atoms with E-state index in [1.807, 2.05) is 12.1 Å². The number of hydrogen-bond acceptors (Lipinski definition) is 2. The second-order valence-corrected chi connectivity index (χ2v) is 5.12. The van der Waals surface area contributed by atoms with Crippen molar-refractivity contribution in [3.05, 3.63) is 35.4 Å². The van der Waals surface area contributed by atoms with Crippen molar-refractivity contribution in [2.24, 2.45) is 0 Å². The lowest BCUT2D eigenvalue weighted by atomic mass is 9.86. The molecule has 1 aliphatic heterocycles. The molecule has 2 rings (SSSR count). The largest absolute Gasteiger partial charge is 0.412 e. The van der Waals surface area contributed by atoms with E-state index in [2.05, 4.69) is 32.9 Å². The number of carbonyl (C=O) groups is 1. The van der Waals surface area contributed by atoms with Gasteiger partial charge in [-0.1, -0.05) is 45.0 Å². The SMILES string of the molecule is CC(C)(C)c1ccc(C2(C=O)CO2)cc1.O. The fourth-order valence-electron chi connectivity index (χ4n) is 1.63. The van der Waals surface area contributed by atoms with Crippen LogP contribution in [0.1, 0.15) is 31.9 Å². The van der Waals surface area contributed by atoms with Gasteiger partial charge in [0.05, 0.1) is 6.61 Å². The van der Waals surface area contributed by atoms with Crippen LogP contribution in [0.5, 0.6) is 0 Å². The second-order valence-electron chi connectivity index (χ2n) is 5.12. The molecule has 3 nitrogen and oxygen atoms in total. The molecule has 0 spiro atoms. The van der Waals surface area contributed by atoms with Crippen molar-refractivity contribution >= 4 is 6.29 Å². The molecule has 1 unspecified atom stereocenters. The molecule has 88 valence electrons. The Labute approximate surface area is 95.7 Å². The lowest BCUT2D eigenvalue weighted by Gasteiger charge is -2.19. The Morgan fingerprint density at radius 3 is 2.06 bits per heavy atom. The van der Waals surface area contributed by atoms with Gasteiger partial charge in [0.1, 0.15) is 0 Å². The maximum atomic E-state index is 10.8. The molecule has 1 aromatic carbocycles. The molecule has 0 saturated carbocycles. The number of hydrogen-bond donors (Lipinski definition) is 0. The average Bonchev–Trinajstić information content (AvgIpc) is 2.97. The van der Waals surface area contributed by atoms with Crippen molar-refractivity contribution in [2.75, 3.05) is 6.61 Å². The molecule has 0 bridgehead atoms. The van der Waals surface area contributed by atoms with E-state index >= 15 is 0 Å². The summed E-state index contributed by atoms with van der Waals surface area (Å²) in [4.78, 5) is 10.8. The van der Waals surface area contributed by atoms with Gasteiger partial charge in [0.15, 0.2) is 11.9 Å². The minimum absolute atomic E-state index is 0. The first-order chi connectivity index (χ1) is 6.98. The molecule has 1 heterocycles. The first-order valence-corrected chi connectivity index (χ1v) is 5.19. The van der Waals surface area contributed by atoms with E-state index < -0.39 is 5.60 Å². The fourth-order valence-corrected chi connectivity index (χ4v) is 1.63. The van der Waals surface area contributed by atoms with E-state index in [9.17, 15) is 4.79 Å². The predicted molar refractivity (Wildman–Crippen MR) is 62.4 cm³/mol. The summed E-state index contributed by atoms with van der Waals surface area (Å²) in [7, 11) is 0. The molecule has 0 amide bonds. The summed E-state index contributed by atoms with van der Waals surface area (Å²) in [6, 6.07) is 8.12. The van der Waals surface area contributed by atoms with Gasteiger partial charge in [-0.15, -0.1) is 0 Å². The normalized spacial score (nSPS) is 23.4. The van der Waals surface area contributed by atoms with Crippen LogP contribution in [0.15, 0.2) is 24.3 Å². The molecule has 1 saturated heterocycles. The predicted octanol–water partition coefficient (Wildman–Crippen LogP) is 1.58. The van der Waals surface area contributed by atoms with Crippen LogP contribution in [0.2, 0.25) is 0 Å². The third kappa shape index (κ3) is 2.15. The smallest absolute Gasteiger partial charge is 0.171 e. The minimum Gasteiger partial charge on any atom is -0.412 e. The van der Waals surface area contributed by atoms with E-state index in [0.29, 0.717) is 6.61 Å². The summed E-state index contributed by atoms with van der Waals surface area (Å²) in [5.41, 5.74) is 1.76. The van der Waals surface area contributed by atoms with Gasteiger partial charge in [0, 0.05) is 0 Å². The number of carbonyl (C=O) groups excluding carboxylic acids is 1. The van der Waals surface area contributed by atoms with Crippen LogP contribution in [0, 0.1) is 0 Å². The third-order valence-corrected chi connectivity index (χ3v) is 2.89. The van der Waals surface area contributed by atoms with Crippen LogP contribution in [0.4, 0.5) is 0 Å². The first kappa shape index (κ1) is 12.9. The maximum Gasteiger partial charge on any atom is 0.171 e. The minimum atomic E-state index is -0.629. The number of benzene rings is 1. The van der Waals surface area contributed by atoms with Gasteiger partial charge < -0.3 is 10.2 Å². The van der Waals surface area contributed by atoms with Crippen molar-refractivity contribution < 1.29 is 15.0 Å². The molecule has 16 heavy (non-hydrogen) atoms. The number of rotatable bonds is 2. The second kappa shape index (κ2) is 4.00. The highest BCUT2D eigenvalue weighted by Gasteiger charge is 2.46. The molecular weight excluding hydrogens is 204 g/mol. The highest BCUT2D eigenvalue weighted by molar-refractivity contribution is 5.69. The Balaban J connectivity index is 0.00000128. The molecule has 1 aromatic rings. The van der Waals surface area contributed by atoms with Crippen molar-refractivity contribution in [3.63, 3.8) is 0 Å². The van der Waals surface area contributed by atoms with Gasteiger partial charge in [0.25, 0.3) is 0 Å². The monoisotopic (exact) mass is 222 g/mol. The summed E-state index contributed by atoms with van der Waals surface area (Å²) in [6.45, 7) is 7.03. The molecule has 1 aliphatic rings. The van der Waals surface area contributed by atoms with Gasteiger partial charge in [-0.25, -0.2) is 0 Å². The number of epoxide rings is 1. The molecule has 0 radical (unpaired) electrons. The average molecular weight is 222 g/mol. The van der Waals surface area contributed by atoms with E-state index in [1.165, 1.54) is 5.56 Å². The van der Waals surface area contributed by atoms with Crippen molar-refractivity contribution in [1.82, 2.24) is 0 Å². The van der Waals surface area contributed by atoms with Gasteiger partial charge in [-0.05, 0) is 16.5 Å². The quantitative estimate of drug-likeness (QED) is 0.563. The summed E-state index contributed by atoms with van der Waals surface area (Å²) < 4.78 is 5.19. The Bertz CT molecular complexity index is 369. The van der Waals surface area contributed by atoms with Crippen LogP contribution in [-0.4, -0.2) is 18.4 Å². The molecule has 2 N–H and O–H groups in total. The molecule has 0 aromatic heterocycles. The first-order valence-electron chi connectivity index (χ1n) is 5.19. The lowest BCUT2D eigenvalue weighted by molar-refractivity contribution is -0.112. The fraction of sp³-hybridized carbons (Fsp3) is 0.462. The summed E-state index contributed by atoms with van der Waals surface area (Å²) in [6.07, 6.45) is 0.888. The van der Waals surface area contributed by atoms with Crippen LogP contribution < -0.4 is 0 Å². The van der Waals surface area contributed by atoms with Crippen LogP contribution >= 0.6 is 0 Å². The Kier molecular flexibility index (Phi) is 3.22. The standard InChI is InChI=1S/C13H16O2.H2O/c1-12(2,3)10-4-6-11(7-5-10)13(8-14)9-15-13;/h4-8H,9H2,1-3H3;1H2. The topological polar surface area (TPSA) is 61.1 Å². The van der Waals surface area contributed by atoms with Gasteiger partial charge >= 0.3 is 0 Å². The molecule has 1 fully saturated rings. The Morgan fingerprint density at radius 1 is 1.25 bits per heavy atom. The zero-order valence-corrected chi connectivity index (χ0v) is 9.91. The Hall–Kier alpha value is -1.19. The summed E-state index contributed by atoms with van der Waals surface area (Å²) in [5, 5.41) is 0. The van der Waals surface area contributed by atoms with E-state index in [0.717, 1.165) is 11.8 Å². The lowest BCUT2D eigenvalue weighted by Crippen LogP contribution is -2.13. The van der Waals surface area contributed by atoms with Crippen LogP contribution in [0.3, 0.4) is 0 Å². The van der Waals surface area contributed by atoms with Gasteiger partial charge in [-0.2, -0.15) is 0 Å². The summed E-state index contributed by atoms with van der Waals surface area (Å²) in [5.74, 6) is 0. The summed E-state index contributed by atoms with van der Waals surface area (Å²) >= 11 is 0. The highest BCUT2D eigenvalue weighted by Crippen LogP contribution is 2.37. The third-order valence-electron chi connectivity index (χ3n) is 2.89. The van der Waals surface area contributed by atoms with Crippen molar-refractivity contribution in [1.29, 1.82) is 0 Å². The van der Waals surface area contributed by atoms with E-state index in [-0.39, 0.29) is 10.9 Å². The highest BCUT2D eigenvalue weighted by atomic mass is 16.6. The Morgan fingerprint density at radius 2 is 1.75 bits per heavy atom. The van der Waals surface area contributed by atoms with Crippen LogP contribution in [-0.2, 0) is 20.5 Å². The molecule has 0 aliphatic carbocycles. The van der Waals surface area contributed by atoms with Crippen molar-refractivity contribution in [3.8, 4) is 0 Å². The molecule has 3 heteroatoms. The zero-order chi connectivity index (χ0) is 11.1. The number of aldehydes is 1. The van der Waals surface area contributed by atoms with Crippen molar-refractivity contribution in [2.45, 2.75) is 31.8 Å². The van der Waals surface area contributed by atoms with Gasteiger partial charge in [-0.3, -0.25) is 4.79 Å². The van der Waals surface area contributed by atoms with Crippen LogP contribution in [0.25, 0.3) is 0 Å². The molecular formula is C13H18O3. The number of ether oxygens (including phenoxy) is 1. The maximum absolute atomic E-state index is 10.8. The van der Waals surface area contributed by atoms with E-state index in [4.69, 9.17) is 4.74 Å². The van der Waals surface area contributed by atoms with Gasteiger partial charge in [0.2, 0.25) is 0 Å². The van der Waals surface area contributed by atoms with E-state index in [1.54, 1.807) is 0 Å². The molecule has 1 atom stereocenters.